The maximum Gasteiger partial charge on any atom is 0.251 e. The van der Waals surface area contributed by atoms with Gasteiger partial charge in [0.15, 0.2) is 4.67 Å². The number of furan rings is 1. The predicted octanol–water partition coefficient (Wildman–Crippen LogP) is 4.44. The van der Waals surface area contributed by atoms with Crippen molar-refractivity contribution in [2.75, 3.05) is 20.6 Å². The van der Waals surface area contributed by atoms with E-state index in [1.54, 1.807) is 12.1 Å². The number of amides is 1. The minimum atomic E-state index is -0.111. The first-order valence-electron chi connectivity index (χ1n) is 8.61. The number of ether oxygens (including phenoxy) is 1. The third-order valence-electron chi connectivity index (χ3n) is 3.81. The molecular formula is C19H27BrN2O3. The van der Waals surface area contributed by atoms with Gasteiger partial charge in [-0.3, -0.25) is 4.79 Å². The van der Waals surface area contributed by atoms with Crippen molar-refractivity contribution >= 4 is 32.8 Å². The van der Waals surface area contributed by atoms with Gasteiger partial charge in [-0.1, -0.05) is 0 Å². The van der Waals surface area contributed by atoms with Gasteiger partial charge in [-0.15, -0.1) is 0 Å². The highest BCUT2D eigenvalue weighted by Gasteiger charge is 2.16. The Bertz CT molecular complexity index is 725. The number of carbonyl (C=O) groups is 1. The Morgan fingerprint density at radius 2 is 2.00 bits per heavy atom. The molecule has 0 aliphatic heterocycles. The van der Waals surface area contributed by atoms with Crippen LogP contribution in [0.2, 0.25) is 0 Å². The number of fused-ring (bicyclic) bond motifs is 1. The van der Waals surface area contributed by atoms with Crippen molar-refractivity contribution in [1.29, 1.82) is 0 Å². The van der Waals surface area contributed by atoms with Crippen LogP contribution in [0.4, 0.5) is 0 Å². The lowest BCUT2D eigenvalue weighted by atomic mass is 10.1. The molecule has 1 N–H and O–H groups in total. The topological polar surface area (TPSA) is 54.7 Å². The van der Waals surface area contributed by atoms with Gasteiger partial charge in [-0.25, -0.2) is 0 Å². The van der Waals surface area contributed by atoms with E-state index in [-0.39, 0.29) is 18.1 Å². The zero-order valence-electron chi connectivity index (χ0n) is 15.6. The second-order valence-corrected chi connectivity index (χ2v) is 7.70. The largest absolute Gasteiger partial charge is 0.490 e. The van der Waals surface area contributed by atoms with Gasteiger partial charge in [-0.2, -0.15) is 0 Å². The zero-order chi connectivity index (χ0) is 18.6. The predicted molar refractivity (Wildman–Crippen MR) is 104 cm³/mol. The van der Waals surface area contributed by atoms with E-state index in [2.05, 4.69) is 40.2 Å². The molecule has 0 aliphatic carbocycles. The third-order valence-corrected chi connectivity index (χ3v) is 4.20. The summed E-state index contributed by atoms with van der Waals surface area (Å²) in [5, 5.41) is 3.91. The molecule has 6 heteroatoms. The summed E-state index contributed by atoms with van der Waals surface area (Å²) < 4.78 is 12.1. The zero-order valence-corrected chi connectivity index (χ0v) is 17.1. The fourth-order valence-corrected chi connectivity index (χ4v) is 3.05. The molecule has 0 saturated heterocycles. The molecule has 0 spiro atoms. The SMILES string of the molecule is CC(CCCN(C)C)NC(=O)c1cc(OC(C)C)c2cc(Br)oc2c1. The molecule has 1 aromatic heterocycles. The first-order chi connectivity index (χ1) is 11.8. The van der Waals surface area contributed by atoms with Crippen molar-refractivity contribution < 1.29 is 13.9 Å². The average molecular weight is 411 g/mol. The van der Waals surface area contributed by atoms with Gasteiger partial charge in [0.05, 0.1) is 11.5 Å². The lowest BCUT2D eigenvalue weighted by Crippen LogP contribution is -2.33. The molecule has 25 heavy (non-hydrogen) atoms. The molecule has 0 bridgehead atoms. The van der Waals surface area contributed by atoms with E-state index in [9.17, 15) is 4.79 Å². The Morgan fingerprint density at radius 3 is 2.64 bits per heavy atom. The monoisotopic (exact) mass is 410 g/mol. The molecule has 1 heterocycles. The van der Waals surface area contributed by atoms with Gasteiger partial charge in [0, 0.05) is 17.7 Å². The molecule has 0 saturated carbocycles. The lowest BCUT2D eigenvalue weighted by molar-refractivity contribution is 0.0937. The number of rotatable bonds is 8. The van der Waals surface area contributed by atoms with Crippen molar-refractivity contribution in [3.8, 4) is 5.75 Å². The maximum absolute atomic E-state index is 12.6. The molecule has 1 amide bonds. The second-order valence-electron chi connectivity index (χ2n) is 6.92. The van der Waals surface area contributed by atoms with Crippen LogP contribution in [0.3, 0.4) is 0 Å². The van der Waals surface area contributed by atoms with Crippen LogP contribution >= 0.6 is 15.9 Å². The maximum atomic E-state index is 12.6. The summed E-state index contributed by atoms with van der Waals surface area (Å²) in [6, 6.07) is 5.51. The van der Waals surface area contributed by atoms with Crippen molar-refractivity contribution in [2.45, 2.75) is 45.8 Å². The molecule has 1 atom stereocenters. The summed E-state index contributed by atoms with van der Waals surface area (Å²) in [6.07, 6.45) is 1.99. The molecule has 0 radical (unpaired) electrons. The second kappa shape index (κ2) is 8.72. The standard InChI is InChI=1S/C19H27BrN2O3/c1-12(2)24-16-9-14(10-17-15(16)11-18(20)25-17)19(23)21-13(3)7-6-8-22(4)5/h9-13H,6-8H2,1-5H3,(H,21,23). The number of carbonyl (C=O) groups excluding carboxylic acids is 1. The van der Waals surface area contributed by atoms with Gasteiger partial charge >= 0.3 is 0 Å². The van der Waals surface area contributed by atoms with E-state index in [4.69, 9.17) is 9.15 Å². The highest BCUT2D eigenvalue weighted by atomic mass is 79.9. The Balaban J connectivity index is 2.14. The van der Waals surface area contributed by atoms with E-state index < -0.39 is 0 Å². The molecule has 1 aromatic carbocycles. The van der Waals surface area contributed by atoms with Crippen LogP contribution in [0, 0.1) is 0 Å². The number of nitrogens with one attached hydrogen (secondary N) is 1. The van der Waals surface area contributed by atoms with Crippen molar-refractivity contribution in [3.05, 3.63) is 28.4 Å². The number of nitrogens with zero attached hydrogens (tertiary/aromatic N) is 1. The highest BCUT2D eigenvalue weighted by Crippen LogP contribution is 2.33. The minimum Gasteiger partial charge on any atom is -0.490 e. The Labute approximate surface area is 157 Å². The Hall–Kier alpha value is -1.53. The van der Waals surface area contributed by atoms with Crippen LogP contribution in [0.5, 0.6) is 5.75 Å². The van der Waals surface area contributed by atoms with E-state index in [0.717, 1.165) is 24.8 Å². The quantitative estimate of drug-likeness (QED) is 0.698. The molecular weight excluding hydrogens is 384 g/mol. The molecule has 2 rings (SSSR count). The smallest absolute Gasteiger partial charge is 0.251 e. The molecule has 0 fully saturated rings. The van der Waals surface area contributed by atoms with Gasteiger partial charge < -0.3 is 19.4 Å². The summed E-state index contributed by atoms with van der Waals surface area (Å²) in [5.41, 5.74) is 1.18. The van der Waals surface area contributed by atoms with Gasteiger partial charge in [-0.05, 0) is 82.3 Å². The summed E-state index contributed by atoms with van der Waals surface area (Å²) in [4.78, 5) is 14.8. The van der Waals surface area contributed by atoms with E-state index in [1.165, 1.54) is 0 Å². The van der Waals surface area contributed by atoms with Crippen LogP contribution in [-0.2, 0) is 0 Å². The summed E-state index contributed by atoms with van der Waals surface area (Å²) in [5.74, 6) is 0.549. The molecule has 1 unspecified atom stereocenters. The number of hydrogen-bond donors (Lipinski definition) is 1. The van der Waals surface area contributed by atoms with Gasteiger partial charge in [0.2, 0.25) is 0 Å². The number of halogens is 1. The summed E-state index contributed by atoms with van der Waals surface area (Å²) >= 11 is 3.34. The molecule has 0 aliphatic rings. The van der Waals surface area contributed by atoms with Crippen LogP contribution < -0.4 is 10.1 Å². The van der Waals surface area contributed by atoms with Gasteiger partial charge in [0.25, 0.3) is 5.91 Å². The number of hydrogen-bond acceptors (Lipinski definition) is 4. The van der Waals surface area contributed by atoms with Gasteiger partial charge in [0.1, 0.15) is 11.3 Å². The fourth-order valence-electron chi connectivity index (χ4n) is 2.65. The summed E-state index contributed by atoms with van der Waals surface area (Å²) in [6.45, 7) is 6.96. The van der Waals surface area contributed by atoms with Crippen LogP contribution in [0.25, 0.3) is 11.0 Å². The van der Waals surface area contributed by atoms with Crippen molar-refractivity contribution in [3.63, 3.8) is 0 Å². The number of benzene rings is 1. The normalized spacial score (nSPS) is 12.8. The third kappa shape index (κ3) is 5.75. The first-order valence-corrected chi connectivity index (χ1v) is 9.41. The van der Waals surface area contributed by atoms with Crippen LogP contribution in [-0.4, -0.2) is 43.6 Å². The fraction of sp³-hybridized carbons (Fsp3) is 0.526. The molecule has 2 aromatic rings. The van der Waals surface area contributed by atoms with Crippen molar-refractivity contribution in [1.82, 2.24) is 10.2 Å². The Morgan fingerprint density at radius 1 is 1.28 bits per heavy atom. The van der Waals surface area contributed by atoms with Crippen LogP contribution in [0.1, 0.15) is 44.0 Å². The average Bonchev–Trinajstić information content (AvgIpc) is 2.86. The lowest BCUT2D eigenvalue weighted by Gasteiger charge is -2.16. The first kappa shape index (κ1) is 19.8. The highest BCUT2D eigenvalue weighted by molar-refractivity contribution is 9.10. The molecule has 5 nitrogen and oxygen atoms in total. The van der Waals surface area contributed by atoms with Crippen LogP contribution in [0.15, 0.2) is 27.3 Å². The van der Waals surface area contributed by atoms with E-state index >= 15 is 0 Å². The van der Waals surface area contributed by atoms with E-state index in [1.807, 2.05) is 26.8 Å². The minimum absolute atomic E-state index is 0.0140. The Kier molecular flexibility index (Phi) is 6.90. The summed E-state index contributed by atoms with van der Waals surface area (Å²) in [7, 11) is 4.10. The molecule has 138 valence electrons. The van der Waals surface area contributed by atoms with E-state index in [0.29, 0.717) is 21.6 Å². The van der Waals surface area contributed by atoms with Crippen molar-refractivity contribution in [2.24, 2.45) is 0 Å².